The maximum absolute atomic E-state index is 12.2. The average molecular weight is 309 g/mol. The summed E-state index contributed by atoms with van der Waals surface area (Å²) in [5.41, 5.74) is 1.58. The Balaban J connectivity index is 1.94. The van der Waals surface area contributed by atoms with Crippen molar-refractivity contribution in [3.63, 3.8) is 0 Å². The van der Waals surface area contributed by atoms with Gasteiger partial charge in [0.2, 0.25) is 0 Å². The second kappa shape index (κ2) is 7.71. The fourth-order valence-electron chi connectivity index (χ4n) is 2.44. The van der Waals surface area contributed by atoms with Crippen molar-refractivity contribution in [3.05, 3.63) is 35.4 Å². The Bertz CT molecular complexity index is 510. The van der Waals surface area contributed by atoms with Crippen LogP contribution in [0.5, 0.6) is 0 Å². The molecule has 0 bridgehead atoms. The first-order chi connectivity index (χ1) is 10.1. The molecule has 1 amide bonds. The van der Waals surface area contributed by atoms with Gasteiger partial charge in [0.15, 0.2) is 0 Å². The molecule has 1 fully saturated rings. The highest BCUT2D eigenvalue weighted by Crippen LogP contribution is 2.15. The molecule has 1 aliphatic heterocycles. The van der Waals surface area contributed by atoms with E-state index in [0.717, 1.165) is 31.4 Å². The Labute approximate surface area is 128 Å². The molecule has 5 heteroatoms. The molecule has 116 valence electrons. The van der Waals surface area contributed by atoms with E-state index in [1.807, 2.05) is 18.2 Å². The third-order valence-electron chi connectivity index (χ3n) is 3.55. The minimum atomic E-state index is -0.951. The van der Waals surface area contributed by atoms with E-state index >= 15 is 0 Å². The molecule has 2 atom stereocenters. The summed E-state index contributed by atoms with van der Waals surface area (Å²) in [4.78, 5) is 13.5. The smallest absolute Gasteiger partial charge is 0.253 e. The van der Waals surface area contributed by atoms with E-state index in [1.165, 1.54) is 0 Å². The van der Waals surface area contributed by atoms with Gasteiger partial charge in [0.25, 0.3) is 5.91 Å². The Morgan fingerprint density at radius 3 is 2.86 bits per heavy atom. The molecule has 0 saturated carbocycles. The second-order valence-corrected chi connectivity index (χ2v) is 7.14. The maximum atomic E-state index is 12.2. The Kier molecular flexibility index (Phi) is 5.94. The van der Waals surface area contributed by atoms with Gasteiger partial charge in [-0.25, -0.2) is 0 Å². The second-order valence-electron chi connectivity index (χ2n) is 5.64. The normalized spacial score (nSPS) is 20.0. The van der Waals surface area contributed by atoms with Gasteiger partial charge in [-0.05, 0) is 37.0 Å². The first-order valence-corrected chi connectivity index (χ1v) is 8.82. The zero-order valence-electron chi connectivity index (χ0n) is 12.7. The van der Waals surface area contributed by atoms with E-state index in [0.29, 0.717) is 17.1 Å². The maximum Gasteiger partial charge on any atom is 0.253 e. The van der Waals surface area contributed by atoms with Crippen molar-refractivity contribution >= 4 is 16.7 Å². The highest BCUT2D eigenvalue weighted by molar-refractivity contribution is 7.84. The number of rotatable bonds is 5. The van der Waals surface area contributed by atoms with Crippen LogP contribution in [0.2, 0.25) is 0 Å². The van der Waals surface area contributed by atoms with Crippen LogP contribution in [0, 0.1) is 0 Å². The van der Waals surface area contributed by atoms with Crippen molar-refractivity contribution in [3.8, 4) is 0 Å². The van der Waals surface area contributed by atoms with Crippen molar-refractivity contribution in [1.82, 2.24) is 4.90 Å². The summed E-state index contributed by atoms with van der Waals surface area (Å²) in [7, 11) is 2.51. The van der Waals surface area contributed by atoms with Crippen molar-refractivity contribution in [1.29, 1.82) is 0 Å². The fraction of sp³-hybridized carbons (Fsp3) is 0.562. The van der Waals surface area contributed by atoms with Crippen LogP contribution < -0.4 is 0 Å². The largest absolute Gasteiger partial charge is 0.377 e. The van der Waals surface area contributed by atoms with Crippen LogP contribution in [-0.2, 0) is 21.3 Å². The summed E-state index contributed by atoms with van der Waals surface area (Å²) in [5, 5.41) is 0. The minimum Gasteiger partial charge on any atom is -0.377 e. The quantitative estimate of drug-likeness (QED) is 0.838. The molecule has 1 aliphatic rings. The van der Waals surface area contributed by atoms with Gasteiger partial charge in [0.1, 0.15) is 0 Å². The molecule has 0 radical (unpaired) electrons. The van der Waals surface area contributed by atoms with Crippen LogP contribution in [0.4, 0.5) is 0 Å². The summed E-state index contributed by atoms with van der Waals surface area (Å²) < 4.78 is 17.9. The molecule has 1 heterocycles. The van der Waals surface area contributed by atoms with Crippen LogP contribution in [0.15, 0.2) is 24.3 Å². The highest BCUT2D eigenvalue weighted by atomic mass is 32.2. The van der Waals surface area contributed by atoms with Crippen LogP contribution in [0.3, 0.4) is 0 Å². The van der Waals surface area contributed by atoms with Gasteiger partial charge in [0, 0.05) is 42.8 Å². The van der Waals surface area contributed by atoms with Crippen molar-refractivity contribution in [2.45, 2.75) is 31.1 Å². The molecular formula is C16H23NO3S. The van der Waals surface area contributed by atoms with E-state index < -0.39 is 10.8 Å². The number of hydrogen-bond acceptors (Lipinski definition) is 3. The third kappa shape index (κ3) is 4.93. The topological polar surface area (TPSA) is 46.6 Å². The summed E-state index contributed by atoms with van der Waals surface area (Å²) in [6.45, 7) is 0.786. The number of carbonyl (C=O) groups is 1. The van der Waals surface area contributed by atoms with Crippen molar-refractivity contribution in [2.75, 3.05) is 26.5 Å². The number of carbonyl (C=O) groups excluding carboxylic acids is 1. The van der Waals surface area contributed by atoms with E-state index in [-0.39, 0.29) is 12.0 Å². The molecule has 21 heavy (non-hydrogen) atoms. The zero-order chi connectivity index (χ0) is 15.2. The number of hydrogen-bond donors (Lipinski definition) is 0. The van der Waals surface area contributed by atoms with Gasteiger partial charge >= 0.3 is 0 Å². The van der Waals surface area contributed by atoms with Gasteiger partial charge in [-0.15, -0.1) is 0 Å². The lowest BCUT2D eigenvalue weighted by Gasteiger charge is -2.22. The average Bonchev–Trinajstić information content (AvgIpc) is 2.47. The molecule has 2 rings (SSSR count). The van der Waals surface area contributed by atoms with E-state index in [2.05, 4.69) is 0 Å². The van der Waals surface area contributed by atoms with Gasteiger partial charge in [0.05, 0.1) is 11.9 Å². The summed E-state index contributed by atoms with van der Waals surface area (Å²) in [6, 6.07) is 7.40. The van der Waals surface area contributed by atoms with Gasteiger partial charge in [-0.3, -0.25) is 9.00 Å². The van der Waals surface area contributed by atoms with Gasteiger partial charge in [-0.2, -0.15) is 0 Å². The molecule has 0 aromatic heterocycles. The Morgan fingerprint density at radius 2 is 2.19 bits per heavy atom. The van der Waals surface area contributed by atoms with Gasteiger partial charge in [-0.1, -0.05) is 12.1 Å². The number of ether oxygens (including phenoxy) is 1. The summed E-state index contributed by atoms with van der Waals surface area (Å²) in [5.74, 6) is 1.04. The lowest BCUT2D eigenvalue weighted by molar-refractivity contribution is 0.0310. The minimum absolute atomic E-state index is 0.0294. The van der Waals surface area contributed by atoms with Crippen LogP contribution >= 0.6 is 0 Å². The monoisotopic (exact) mass is 309 g/mol. The van der Waals surface area contributed by atoms with Crippen LogP contribution in [-0.4, -0.2) is 47.6 Å². The molecule has 1 aromatic rings. The predicted octanol–water partition coefficient (Wildman–Crippen LogP) is 2.21. The molecule has 1 aromatic carbocycles. The molecule has 0 spiro atoms. The first-order valence-electron chi connectivity index (χ1n) is 7.33. The lowest BCUT2D eigenvalue weighted by atomic mass is 10.1. The molecular weight excluding hydrogens is 286 g/mol. The SMILES string of the molecule is CN(C)C(=O)c1cccc(C[S@@](=O)C[C@H]2CCCCO2)c1. The van der Waals surface area contributed by atoms with Gasteiger partial charge < -0.3 is 9.64 Å². The number of nitrogens with zero attached hydrogens (tertiary/aromatic N) is 1. The molecule has 0 aliphatic carbocycles. The summed E-state index contributed by atoms with van der Waals surface area (Å²) >= 11 is 0. The first kappa shape index (κ1) is 16.2. The fourth-order valence-corrected chi connectivity index (χ4v) is 3.79. The number of amides is 1. The zero-order valence-corrected chi connectivity index (χ0v) is 13.5. The van der Waals surface area contributed by atoms with E-state index in [9.17, 15) is 9.00 Å². The van der Waals surface area contributed by atoms with E-state index in [4.69, 9.17) is 4.74 Å². The standard InChI is InChI=1S/C16H23NO3S/c1-17(2)16(18)14-7-5-6-13(10-14)11-21(19)12-15-8-3-4-9-20-15/h5-7,10,15H,3-4,8-9,11-12H2,1-2H3/t15-,21-/m1/s1. The predicted molar refractivity (Wildman–Crippen MR) is 84.8 cm³/mol. The summed E-state index contributed by atoms with van der Waals surface area (Å²) in [6.07, 6.45) is 3.41. The highest BCUT2D eigenvalue weighted by Gasteiger charge is 2.17. The molecule has 1 saturated heterocycles. The Morgan fingerprint density at radius 1 is 1.38 bits per heavy atom. The lowest BCUT2D eigenvalue weighted by Crippen LogP contribution is -2.25. The van der Waals surface area contributed by atoms with Crippen LogP contribution in [0.1, 0.15) is 35.2 Å². The van der Waals surface area contributed by atoms with Crippen molar-refractivity contribution < 1.29 is 13.7 Å². The molecule has 0 N–H and O–H groups in total. The molecule has 4 nitrogen and oxygen atoms in total. The number of benzene rings is 1. The molecule has 0 unspecified atom stereocenters. The van der Waals surface area contributed by atoms with Crippen molar-refractivity contribution in [2.24, 2.45) is 0 Å². The third-order valence-corrected chi connectivity index (χ3v) is 4.95. The van der Waals surface area contributed by atoms with E-state index in [1.54, 1.807) is 25.1 Å². The van der Waals surface area contributed by atoms with Crippen LogP contribution in [0.25, 0.3) is 0 Å². The Hall–Kier alpha value is -1.20.